The molecule has 136 valence electrons. The Balaban J connectivity index is 2.04. The maximum atomic E-state index is 13.2. The van der Waals surface area contributed by atoms with Gasteiger partial charge in [-0.2, -0.15) is 0 Å². The number of rotatable bonds is 4. The van der Waals surface area contributed by atoms with Gasteiger partial charge in [-0.1, -0.05) is 6.07 Å². The summed E-state index contributed by atoms with van der Waals surface area (Å²) in [7, 11) is -1.73. The number of carbonyl (C=O) groups excluding carboxylic acids is 1. The van der Waals surface area contributed by atoms with Gasteiger partial charge in [0.15, 0.2) is 9.84 Å². The van der Waals surface area contributed by atoms with Gasteiger partial charge >= 0.3 is 0 Å². The van der Waals surface area contributed by atoms with E-state index >= 15 is 0 Å². The number of hydrogen-bond donors (Lipinski definition) is 0. The van der Waals surface area contributed by atoms with Crippen molar-refractivity contribution >= 4 is 21.4 Å². The third-order valence-electron chi connectivity index (χ3n) is 4.28. The van der Waals surface area contributed by atoms with E-state index in [0.29, 0.717) is 17.0 Å². The molecule has 0 saturated carbocycles. The molecule has 26 heavy (non-hydrogen) atoms. The van der Waals surface area contributed by atoms with Gasteiger partial charge in [0.2, 0.25) is 0 Å². The predicted molar refractivity (Wildman–Crippen MR) is 102 cm³/mol. The number of anilines is 1. The van der Waals surface area contributed by atoms with Crippen LogP contribution in [-0.2, 0) is 9.84 Å². The molecule has 0 N–H and O–H groups in total. The number of methoxy groups -OCH3 is 1. The van der Waals surface area contributed by atoms with E-state index in [1.165, 1.54) is 5.41 Å². The summed E-state index contributed by atoms with van der Waals surface area (Å²) in [4.78, 5) is 14.8. The molecule has 6 heteroatoms. The fourth-order valence-corrected chi connectivity index (χ4v) is 4.41. The Morgan fingerprint density at radius 2 is 1.69 bits per heavy atom. The topological polar surface area (TPSA) is 63.7 Å². The summed E-state index contributed by atoms with van der Waals surface area (Å²) in [6, 6.07) is 12.1. The number of aryl methyl sites for hydroxylation is 2. The van der Waals surface area contributed by atoms with E-state index in [0.717, 1.165) is 11.1 Å². The highest BCUT2D eigenvalue weighted by molar-refractivity contribution is 7.94. The van der Waals surface area contributed by atoms with Crippen molar-refractivity contribution in [2.75, 3.05) is 17.8 Å². The van der Waals surface area contributed by atoms with Crippen LogP contribution in [0.2, 0.25) is 0 Å². The van der Waals surface area contributed by atoms with Crippen LogP contribution in [0, 0.1) is 13.8 Å². The van der Waals surface area contributed by atoms with Gasteiger partial charge in [-0.15, -0.1) is 0 Å². The molecule has 0 radical (unpaired) electrons. The number of amides is 1. The molecule has 1 heterocycles. The van der Waals surface area contributed by atoms with Crippen LogP contribution in [-0.4, -0.2) is 33.2 Å². The minimum Gasteiger partial charge on any atom is -0.497 e. The maximum absolute atomic E-state index is 13.2. The largest absolute Gasteiger partial charge is 0.497 e. The van der Waals surface area contributed by atoms with Crippen LogP contribution in [0.4, 0.5) is 5.69 Å². The third kappa shape index (κ3) is 3.80. The van der Waals surface area contributed by atoms with Crippen molar-refractivity contribution in [3.63, 3.8) is 0 Å². The van der Waals surface area contributed by atoms with Crippen LogP contribution in [0.15, 0.2) is 53.9 Å². The Morgan fingerprint density at radius 1 is 1.08 bits per heavy atom. The molecular formula is C20H21NO4S. The molecule has 0 spiro atoms. The average molecular weight is 371 g/mol. The standard InChI is InChI=1S/C20H21NO4S/c1-14-10-15(2)12-18(11-14)21(17-8-9-26(23,24)13-17)20(22)16-4-6-19(25-3)7-5-16/h4-12,17H,13H2,1-3H3/t17-/m0/s1. The molecule has 1 atom stereocenters. The van der Waals surface area contributed by atoms with Gasteiger partial charge in [0.25, 0.3) is 5.91 Å². The van der Waals surface area contributed by atoms with Crippen molar-refractivity contribution in [3.8, 4) is 5.75 Å². The number of sulfone groups is 1. The van der Waals surface area contributed by atoms with Crippen LogP contribution >= 0.6 is 0 Å². The van der Waals surface area contributed by atoms with E-state index in [-0.39, 0.29) is 11.7 Å². The Bertz CT molecular complexity index is 942. The Kier molecular flexibility index (Phi) is 4.87. The smallest absolute Gasteiger partial charge is 0.258 e. The van der Waals surface area contributed by atoms with Gasteiger partial charge in [0, 0.05) is 16.7 Å². The van der Waals surface area contributed by atoms with Crippen molar-refractivity contribution in [1.82, 2.24) is 0 Å². The molecular weight excluding hydrogens is 350 g/mol. The molecule has 1 aliphatic heterocycles. The van der Waals surface area contributed by atoms with E-state index in [2.05, 4.69) is 0 Å². The highest BCUT2D eigenvalue weighted by Crippen LogP contribution is 2.27. The molecule has 0 saturated heterocycles. The number of benzene rings is 2. The second kappa shape index (κ2) is 6.96. The van der Waals surface area contributed by atoms with Crippen LogP contribution in [0.3, 0.4) is 0 Å². The zero-order valence-corrected chi connectivity index (χ0v) is 15.8. The van der Waals surface area contributed by atoms with Gasteiger partial charge in [0.05, 0.1) is 18.9 Å². The molecule has 5 nitrogen and oxygen atoms in total. The lowest BCUT2D eigenvalue weighted by Gasteiger charge is -2.28. The van der Waals surface area contributed by atoms with Gasteiger partial charge in [-0.25, -0.2) is 8.42 Å². The molecule has 2 aromatic rings. The van der Waals surface area contributed by atoms with Gasteiger partial charge in [0.1, 0.15) is 5.75 Å². The zero-order chi connectivity index (χ0) is 18.9. The number of ether oxygens (including phenoxy) is 1. The summed E-state index contributed by atoms with van der Waals surface area (Å²) >= 11 is 0. The normalized spacial score (nSPS) is 17.9. The van der Waals surface area contributed by atoms with Crippen LogP contribution in [0.5, 0.6) is 5.75 Å². The van der Waals surface area contributed by atoms with Crippen molar-refractivity contribution in [2.24, 2.45) is 0 Å². The quantitative estimate of drug-likeness (QED) is 0.827. The summed E-state index contributed by atoms with van der Waals surface area (Å²) in [6.07, 6.45) is 1.58. The first-order chi connectivity index (χ1) is 12.3. The van der Waals surface area contributed by atoms with Crippen molar-refractivity contribution < 1.29 is 17.9 Å². The predicted octanol–water partition coefficient (Wildman–Crippen LogP) is 3.27. The van der Waals surface area contributed by atoms with Crippen LogP contribution in [0.1, 0.15) is 21.5 Å². The molecule has 0 aromatic heterocycles. The first kappa shape index (κ1) is 18.2. The highest BCUT2D eigenvalue weighted by Gasteiger charge is 2.32. The Labute approximate surface area is 153 Å². The van der Waals surface area contributed by atoms with Gasteiger partial charge < -0.3 is 9.64 Å². The van der Waals surface area contributed by atoms with Crippen molar-refractivity contribution in [1.29, 1.82) is 0 Å². The van der Waals surface area contributed by atoms with Crippen LogP contribution < -0.4 is 9.64 Å². The lowest BCUT2D eigenvalue weighted by atomic mass is 10.1. The fourth-order valence-electron chi connectivity index (χ4n) is 3.14. The summed E-state index contributed by atoms with van der Waals surface area (Å²) in [5, 5.41) is 1.19. The van der Waals surface area contributed by atoms with E-state index < -0.39 is 15.9 Å². The number of hydrogen-bond acceptors (Lipinski definition) is 4. The lowest BCUT2D eigenvalue weighted by Crippen LogP contribution is -2.41. The molecule has 2 aromatic carbocycles. The second-order valence-corrected chi connectivity index (χ2v) is 8.41. The van der Waals surface area contributed by atoms with E-state index in [9.17, 15) is 13.2 Å². The third-order valence-corrected chi connectivity index (χ3v) is 5.66. The summed E-state index contributed by atoms with van der Waals surface area (Å²) in [6.45, 7) is 3.90. The molecule has 1 aliphatic rings. The fraction of sp³-hybridized carbons (Fsp3) is 0.250. The molecule has 0 bridgehead atoms. The van der Waals surface area contributed by atoms with Gasteiger partial charge in [-0.05, 0) is 67.4 Å². The average Bonchev–Trinajstić information content (AvgIpc) is 2.93. The Hall–Kier alpha value is -2.60. The van der Waals surface area contributed by atoms with E-state index in [1.807, 2.05) is 32.0 Å². The minimum atomic E-state index is -3.29. The van der Waals surface area contributed by atoms with Crippen molar-refractivity contribution in [3.05, 3.63) is 70.6 Å². The van der Waals surface area contributed by atoms with Crippen molar-refractivity contribution in [2.45, 2.75) is 19.9 Å². The summed E-state index contributed by atoms with van der Waals surface area (Å²) in [5.41, 5.74) is 3.19. The maximum Gasteiger partial charge on any atom is 0.258 e. The van der Waals surface area contributed by atoms with E-state index in [4.69, 9.17) is 4.74 Å². The lowest BCUT2D eigenvalue weighted by molar-refractivity contribution is 0.0983. The molecule has 1 amide bonds. The first-order valence-corrected chi connectivity index (χ1v) is 9.97. The van der Waals surface area contributed by atoms with Gasteiger partial charge in [-0.3, -0.25) is 4.79 Å². The Morgan fingerprint density at radius 3 is 2.19 bits per heavy atom. The second-order valence-electron chi connectivity index (χ2n) is 6.47. The molecule has 0 unspecified atom stereocenters. The molecule has 0 aliphatic carbocycles. The molecule has 3 rings (SSSR count). The summed E-state index contributed by atoms with van der Waals surface area (Å²) < 4.78 is 29.0. The monoisotopic (exact) mass is 371 g/mol. The molecule has 0 fully saturated rings. The zero-order valence-electron chi connectivity index (χ0n) is 15.0. The highest BCUT2D eigenvalue weighted by atomic mass is 32.2. The van der Waals surface area contributed by atoms with E-state index in [1.54, 1.807) is 42.4 Å². The number of nitrogens with zero attached hydrogens (tertiary/aromatic N) is 1. The van der Waals surface area contributed by atoms with Crippen LogP contribution in [0.25, 0.3) is 0 Å². The first-order valence-electron chi connectivity index (χ1n) is 8.26. The summed E-state index contributed by atoms with van der Waals surface area (Å²) in [5.74, 6) is 0.300. The number of carbonyl (C=O) groups is 1. The SMILES string of the molecule is COc1ccc(C(=O)N(c2cc(C)cc(C)c2)[C@H]2C=CS(=O)(=O)C2)cc1. The minimum absolute atomic E-state index is 0.109.